The molecule has 1 atom stereocenters. The van der Waals surface area contributed by atoms with Gasteiger partial charge in [0.15, 0.2) is 0 Å². The van der Waals surface area contributed by atoms with Gasteiger partial charge in [-0.2, -0.15) is 0 Å². The van der Waals surface area contributed by atoms with Crippen molar-refractivity contribution in [1.29, 1.82) is 0 Å². The van der Waals surface area contributed by atoms with E-state index in [2.05, 4.69) is 13.8 Å². The highest BCUT2D eigenvalue weighted by atomic mass is 32.2. The summed E-state index contributed by atoms with van der Waals surface area (Å²) in [6, 6.07) is 15.7. The van der Waals surface area contributed by atoms with Gasteiger partial charge in [0.05, 0.1) is 30.2 Å². The van der Waals surface area contributed by atoms with Crippen molar-refractivity contribution in [3.63, 3.8) is 0 Å². The van der Waals surface area contributed by atoms with E-state index in [1.165, 1.54) is 9.21 Å². The van der Waals surface area contributed by atoms with Crippen LogP contribution in [0.25, 0.3) is 0 Å². The molecular formula is C20H29N2O3S+. The molecule has 0 unspecified atom stereocenters. The molecule has 0 spiro atoms. The molecule has 0 amide bonds. The van der Waals surface area contributed by atoms with Crippen LogP contribution in [-0.4, -0.2) is 45.8 Å². The number of benzene rings is 2. The second-order valence-electron chi connectivity index (χ2n) is 6.50. The lowest BCUT2D eigenvalue weighted by Gasteiger charge is -2.28. The highest BCUT2D eigenvalue weighted by Gasteiger charge is 2.28. The molecule has 0 fully saturated rings. The van der Waals surface area contributed by atoms with Crippen molar-refractivity contribution in [2.45, 2.75) is 31.8 Å². The fraction of sp³-hybridized carbons (Fsp3) is 0.400. The summed E-state index contributed by atoms with van der Waals surface area (Å²) in [4.78, 5) is 1.46. The third-order valence-electron chi connectivity index (χ3n) is 4.52. The fourth-order valence-corrected chi connectivity index (χ4v) is 4.49. The largest absolute Gasteiger partial charge is 0.385 e. The molecule has 2 aromatic carbocycles. The van der Waals surface area contributed by atoms with Gasteiger partial charge in [-0.3, -0.25) is 4.31 Å². The molecule has 0 aliphatic rings. The third-order valence-corrected chi connectivity index (χ3v) is 6.33. The third kappa shape index (κ3) is 5.06. The number of likely N-dealkylation sites (N-methyl/N-ethyl adjacent to an activating group) is 1. The summed E-state index contributed by atoms with van der Waals surface area (Å²) in [6.07, 6.45) is -0.746. The SMILES string of the molecule is CC[NH+](CC)C[C@H](O)CN(c1cccc(C)c1)S(=O)(=O)c1ccccc1. The Labute approximate surface area is 156 Å². The van der Waals surface area contributed by atoms with Gasteiger partial charge in [0.2, 0.25) is 0 Å². The molecule has 2 aromatic rings. The topological polar surface area (TPSA) is 62.1 Å². The molecule has 142 valence electrons. The van der Waals surface area contributed by atoms with Crippen LogP contribution in [-0.2, 0) is 10.0 Å². The van der Waals surface area contributed by atoms with Gasteiger partial charge in [0.1, 0.15) is 12.6 Å². The first-order chi connectivity index (χ1) is 12.4. The van der Waals surface area contributed by atoms with Crippen molar-refractivity contribution >= 4 is 15.7 Å². The number of nitrogens with one attached hydrogen (secondary N) is 1. The maximum Gasteiger partial charge on any atom is 0.264 e. The Kier molecular flexibility index (Phi) is 7.20. The molecule has 0 radical (unpaired) electrons. The minimum Gasteiger partial charge on any atom is -0.385 e. The van der Waals surface area contributed by atoms with Crippen molar-refractivity contribution in [3.8, 4) is 0 Å². The van der Waals surface area contributed by atoms with E-state index in [0.717, 1.165) is 18.7 Å². The van der Waals surface area contributed by atoms with E-state index in [9.17, 15) is 13.5 Å². The zero-order valence-electron chi connectivity index (χ0n) is 15.7. The van der Waals surface area contributed by atoms with Crippen molar-refractivity contribution < 1.29 is 18.4 Å². The first kappa shape index (κ1) is 20.4. The van der Waals surface area contributed by atoms with Crippen molar-refractivity contribution in [1.82, 2.24) is 0 Å². The van der Waals surface area contributed by atoms with Gasteiger partial charge in [-0.15, -0.1) is 0 Å². The molecule has 26 heavy (non-hydrogen) atoms. The second-order valence-corrected chi connectivity index (χ2v) is 8.37. The zero-order chi connectivity index (χ0) is 19.2. The molecule has 0 heterocycles. The Hall–Kier alpha value is -1.89. The van der Waals surface area contributed by atoms with Gasteiger partial charge in [0, 0.05) is 0 Å². The minimum atomic E-state index is -3.75. The Balaban J connectivity index is 2.37. The van der Waals surface area contributed by atoms with Crippen LogP contribution >= 0.6 is 0 Å². The quantitative estimate of drug-likeness (QED) is 0.696. The molecule has 5 nitrogen and oxygen atoms in total. The average molecular weight is 378 g/mol. The normalized spacial score (nSPS) is 13.0. The zero-order valence-corrected chi connectivity index (χ0v) is 16.5. The smallest absolute Gasteiger partial charge is 0.264 e. The van der Waals surface area contributed by atoms with Gasteiger partial charge in [-0.05, 0) is 50.6 Å². The van der Waals surface area contributed by atoms with Crippen molar-refractivity contribution in [3.05, 3.63) is 60.2 Å². The summed E-state index contributed by atoms with van der Waals surface area (Å²) < 4.78 is 27.7. The molecule has 0 aromatic heterocycles. The van der Waals surface area contributed by atoms with E-state index in [1.54, 1.807) is 36.4 Å². The van der Waals surface area contributed by atoms with E-state index in [0.29, 0.717) is 12.2 Å². The van der Waals surface area contributed by atoms with Gasteiger partial charge in [-0.1, -0.05) is 30.3 Å². The van der Waals surface area contributed by atoms with Crippen molar-refractivity contribution in [2.24, 2.45) is 0 Å². The predicted octanol–water partition coefficient (Wildman–Crippen LogP) is 1.48. The fourth-order valence-electron chi connectivity index (χ4n) is 2.97. The summed E-state index contributed by atoms with van der Waals surface area (Å²) in [6.45, 7) is 8.37. The average Bonchev–Trinajstić information content (AvgIpc) is 2.64. The van der Waals surface area contributed by atoms with Crippen LogP contribution in [0.4, 0.5) is 5.69 Å². The van der Waals surface area contributed by atoms with Crippen LogP contribution in [0.5, 0.6) is 0 Å². The van der Waals surface area contributed by atoms with E-state index in [-0.39, 0.29) is 11.4 Å². The Morgan fingerprint density at radius 2 is 1.69 bits per heavy atom. The highest BCUT2D eigenvalue weighted by molar-refractivity contribution is 7.92. The number of aliphatic hydroxyl groups is 1. The lowest BCUT2D eigenvalue weighted by molar-refractivity contribution is -0.899. The number of quaternary nitrogens is 1. The van der Waals surface area contributed by atoms with Gasteiger partial charge in [-0.25, -0.2) is 8.42 Å². The number of aliphatic hydroxyl groups excluding tert-OH is 1. The van der Waals surface area contributed by atoms with E-state index >= 15 is 0 Å². The molecule has 0 aliphatic heterocycles. The first-order valence-corrected chi connectivity index (χ1v) is 10.5. The maximum absolute atomic E-state index is 13.2. The van der Waals surface area contributed by atoms with Crippen LogP contribution in [0.3, 0.4) is 0 Å². The number of sulfonamides is 1. The number of anilines is 1. The number of hydrogen-bond acceptors (Lipinski definition) is 3. The summed E-state index contributed by atoms with van der Waals surface area (Å²) in [5, 5.41) is 10.6. The maximum atomic E-state index is 13.2. The van der Waals surface area contributed by atoms with Gasteiger partial charge in [0.25, 0.3) is 10.0 Å². The number of nitrogens with zero attached hydrogens (tertiary/aromatic N) is 1. The number of aryl methyl sites for hydroxylation is 1. The van der Waals surface area contributed by atoms with Gasteiger partial charge < -0.3 is 10.0 Å². The summed E-state index contributed by atoms with van der Waals surface area (Å²) >= 11 is 0. The Bertz CT molecular complexity index is 790. The molecular weight excluding hydrogens is 348 g/mol. The lowest BCUT2D eigenvalue weighted by Crippen LogP contribution is -3.12. The Morgan fingerprint density at radius 1 is 1.04 bits per heavy atom. The van der Waals surface area contributed by atoms with Crippen LogP contribution in [0, 0.1) is 6.92 Å². The first-order valence-electron chi connectivity index (χ1n) is 9.04. The summed E-state index contributed by atoms with van der Waals surface area (Å²) in [5.74, 6) is 0. The number of rotatable bonds is 9. The van der Waals surface area contributed by atoms with E-state index < -0.39 is 16.1 Å². The number of hydrogen-bond donors (Lipinski definition) is 2. The van der Waals surface area contributed by atoms with Crippen LogP contribution in [0.1, 0.15) is 19.4 Å². The molecule has 6 heteroatoms. The monoisotopic (exact) mass is 377 g/mol. The molecule has 0 bridgehead atoms. The minimum absolute atomic E-state index is 0.0319. The molecule has 0 aliphatic carbocycles. The Morgan fingerprint density at radius 3 is 2.27 bits per heavy atom. The van der Waals surface area contributed by atoms with Crippen molar-refractivity contribution in [2.75, 3.05) is 30.5 Å². The van der Waals surface area contributed by atoms with Crippen LogP contribution in [0.2, 0.25) is 0 Å². The lowest BCUT2D eigenvalue weighted by atomic mass is 10.2. The van der Waals surface area contributed by atoms with Crippen LogP contribution < -0.4 is 9.21 Å². The molecule has 0 saturated heterocycles. The summed E-state index contributed by atoms with van der Waals surface area (Å²) in [5.41, 5.74) is 1.54. The highest BCUT2D eigenvalue weighted by Crippen LogP contribution is 2.24. The second kappa shape index (κ2) is 9.16. The van der Waals surface area contributed by atoms with E-state index in [4.69, 9.17) is 0 Å². The molecule has 0 saturated carbocycles. The molecule has 2 rings (SSSR count). The predicted molar refractivity (Wildman–Crippen MR) is 105 cm³/mol. The van der Waals surface area contributed by atoms with Crippen LogP contribution in [0.15, 0.2) is 59.5 Å². The van der Waals surface area contributed by atoms with Gasteiger partial charge >= 0.3 is 0 Å². The van der Waals surface area contributed by atoms with E-state index in [1.807, 2.05) is 25.1 Å². The molecule has 2 N–H and O–H groups in total. The standard InChI is InChI=1S/C20H28N2O3S/c1-4-21(5-2)15-19(23)16-22(18-11-9-10-17(3)14-18)26(24,25)20-12-7-6-8-13-20/h6-14,19,23H,4-5,15-16H2,1-3H3/p+1/t19-/m0/s1. The summed E-state index contributed by atoms with van der Waals surface area (Å²) in [7, 11) is -3.75.